The molecule has 1 fully saturated rings. The molecule has 6 nitrogen and oxygen atoms in total. The van der Waals surface area contributed by atoms with Crippen molar-refractivity contribution in [2.75, 3.05) is 26.8 Å². The van der Waals surface area contributed by atoms with Gasteiger partial charge in [0.1, 0.15) is 5.75 Å². The van der Waals surface area contributed by atoms with Gasteiger partial charge in [-0.1, -0.05) is 18.2 Å². The number of ether oxygens (including phenoxy) is 2. The zero-order valence-electron chi connectivity index (χ0n) is 13.7. The quantitative estimate of drug-likeness (QED) is 0.844. The van der Waals surface area contributed by atoms with Crippen molar-refractivity contribution in [3.05, 3.63) is 29.8 Å². The van der Waals surface area contributed by atoms with E-state index in [0.29, 0.717) is 39.1 Å². The van der Waals surface area contributed by atoms with Crippen LogP contribution in [0.3, 0.4) is 0 Å². The van der Waals surface area contributed by atoms with Crippen LogP contribution < -0.4 is 10.1 Å². The van der Waals surface area contributed by atoms with Crippen LogP contribution in [-0.2, 0) is 16.1 Å². The molecule has 6 heteroatoms. The van der Waals surface area contributed by atoms with E-state index in [2.05, 4.69) is 5.32 Å². The van der Waals surface area contributed by atoms with Gasteiger partial charge in [0.05, 0.1) is 19.6 Å². The number of nitrogens with one attached hydrogen (secondary N) is 1. The van der Waals surface area contributed by atoms with E-state index in [0.717, 1.165) is 11.3 Å². The summed E-state index contributed by atoms with van der Waals surface area (Å²) in [5.74, 6) is 0.517. The monoisotopic (exact) mass is 320 g/mol. The van der Waals surface area contributed by atoms with E-state index in [9.17, 15) is 9.59 Å². The van der Waals surface area contributed by atoms with Crippen LogP contribution in [0.2, 0.25) is 0 Å². The van der Waals surface area contributed by atoms with Crippen molar-refractivity contribution in [3.63, 3.8) is 0 Å². The van der Waals surface area contributed by atoms with Crippen molar-refractivity contribution in [2.24, 2.45) is 5.92 Å². The van der Waals surface area contributed by atoms with Gasteiger partial charge in [-0.2, -0.15) is 0 Å². The highest BCUT2D eigenvalue weighted by molar-refractivity contribution is 5.76. The van der Waals surface area contributed by atoms with Gasteiger partial charge >= 0.3 is 12.0 Å². The fourth-order valence-electron chi connectivity index (χ4n) is 2.71. The minimum Gasteiger partial charge on any atom is -0.496 e. The highest BCUT2D eigenvalue weighted by Gasteiger charge is 2.28. The molecule has 23 heavy (non-hydrogen) atoms. The van der Waals surface area contributed by atoms with E-state index in [4.69, 9.17) is 9.47 Å². The maximum atomic E-state index is 12.2. The number of benzene rings is 1. The number of likely N-dealkylation sites (tertiary alicyclic amines) is 1. The van der Waals surface area contributed by atoms with Gasteiger partial charge in [0, 0.05) is 25.2 Å². The number of methoxy groups -OCH3 is 1. The Bertz CT molecular complexity index is 539. The fraction of sp³-hybridized carbons (Fsp3) is 0.529. The highest BCUT2D eigenvalue weighted by Crippen LogP contribution is 2.20. The van der Waals surface area contributed by atoms with Crippen molar-refractivity contribution in [1.82, 2.24) is 10.2 Å². The molecule has 0 aromatic heterocycles. The maximum absolute atomic E-state index is 12.2. The third-order valence-electron chi connectivity index (χ3n) is 4.02. The summed E-state index contributed by atoms with van der Waals surface area (Å²) in [5, 5.41) is 2.90. The van der Waals surface area contributed by atoms with E-state index >= 15 is 0 Å². The Balaban J connectivity index is 1.80. The molecule has 2 amide bonds. The smallest absolute Gasteiger partial charge is 0.317 e. The Morgan fingerprint density at radius 2 is 1.96 bits per heavy atom. The number of piperidine rings is 1. The minimum absolute atomic E-state index is 0.0896. The molecule has 0 atom stereocenters. The zero-order chi connectivity index (χ0) is 16.7. The Morgan fingerprint density at radius 3 is 2.61 bits per heavy atom. The molecule has 1 aliphatic heterocycles. The molecule has 0 aliphatic carbocycles. The summed E-state index contributed by atoms with van der Waals surface area (Å²) < 4.78 is 10.3. The molecule has 0 bridgehead atoms. The second-order valence-electron chi connectivity index (χ2n) is 5.48. The van der Waals surface area contributed by atoms with E-state index in [1.165, 1.54) is 0 Å². The van der Waals surface area contributed by atoms with E-state index in [-0.39, 0.29) is 17.9 Å². The Labute approximate surface area is 136 Å². The van der Waals surface area contributed by atoms with Gasteiger partial charge < -0.3 is 19.7 Å². The number of nitrogens with zero attached hydrogens (tertiary/aromatic N) is 1. The van der Waals surface area contributed by atoms with Gasteiger partial charge in [-0.05, 0) is 25.8 Å². The summed E-state index contributed by atoms with van der Waals surface area (Å²) >= 11 is 0. The van der Waals surface area contributed by atoms with Gasteiger partial charge in [0.2, 0.25) is 0 Å². The number of amides is 2. The summed E-state index contributed by atoms with van der Waals surface area (Å²) in [6.07, 6.45) is 1.31. The largest absolute Gasteiger partial charge is 0.496 e. The van der Waals surface area contributed by atoms with Crippen LogP contribution in [0.15, 0.2) is 24.3 Å². The maximum Gasteiger partial charge on any atom is 0.317 e. The van der Waals surface area contributed by atoms with Gasteiger partial charge in [-0.25, -0.2) is 4.79 Å². The van der Waals surface area contributed by atoms with E-state index in [1.54, 1.807) is 18.9 Å². The fourth-order valence-corrected chi connectivity index (χ4v) is 2.71. The van der Waals surface area contributed by atoms with E-state index in [1.807, 2.05) is 24.3 Å². The Kier molecular flexibility index (Phi) is 6.26. The van der Waals surface area contributed by atoms with Crippen molar-refractivity contribution >= 4 is 12.0 Å². The topological polar surface area (TPSA) is 67.9 Å². The summed E-state index contributed by atoms with van der Waals surface area (Å²) in [6, 6.07) is 7.48. The molecule has 0 unspecified atom stereocenters. The van der Waals surface area contributed by atoms with Crippen molar-refractivity contribution in [3.8, 4) is 5.75 Å². The SMILES string of the molecule is CCOC(=O)C1CCN(C(=O)NCc2ccccc2OC)CC1. The summed E-state index contributed by atoms with van der Waals surface area (Å²) in [5.41, 5.74) is 0.935. The second-order valence-corrected chi connectivity index (χ2v) is 5.48. The second kappa shape index (κ2) is 8.41. The first-order chi connectivity index (χ1) is 11.2. The lowest BCUT2D eigenvalue weighted by molar-refractivity contribution is -0.149. The van der Waals surface area contributed by atoms with Crippen LogP contribution in [0.5, 0.6) is 5.75 Å². The number of hydrogen-bond acceptors (Lipinski definition) is 4. The third-order valence-corrected chi connectivity index (χ3v) is 4.02. The Hall–Kier alpha value is -2.24. The predicted octanol–water partition coefficient (Wildman–Crippen LogP) is 2.18. The molecule has 2 rings (SSSR count). The van der Waals surface area contributed by atoms with Crippen LogP contribution >= 0.6 is 0 Å². The molecule has 0 spiro atoms. The molecule has 1 saturated heterocycles. The molecular weight excluding hydrogens is 296 g/mol. The molecule has 1 heterocycles. The lowest BCUT2D eigenvalue weighted by atomic mass is 9.97. The first kappa shape index (κ1) is 17.1. The normalized spacial score (nSPS) is 15.1. The Morgan fingerprint density at radius 1 is 1.26 bits per heavy atom. The molecular formula is C17H24N2O4. The van der Waals surface area contributed by atoms with Gasteiger partial charge in [-0.15, -0.1) is 0 Å². The number of carbonyl (C=O) groups excluding carboxylic acids is 2. The predicted molar refractivity (Wildman–Crippen MR) is 86.2 cm³/mol. The summed E-state index contributed by atoms with van der Waals surface area (Å²) in [6.45, 7) is 3.76. The zero-order valence-corrected chi connectivity index (χ0v) is 13.7. The summed E-state index contributed by atoms with van der Waals surface area (Å²) in [4.78, 5) is 25.7. The van der Waals surface area contributed by atoms with Crippen molar-refractivity contribution < 1.29 is 19.1 Å². The number of para-hydroxylation sites is 1. The van der Waals surface area contributed by atoms with Gasteiger partial charge in [0.15, 0.2) is 0 Å². The van der Waals surface area contributed by atoms with Crippen molar-refractivity contribution in [2.45, 2.75) is 26.3 Å². The first-order valence-corrected chi connectivity index (χ1v) is 7.97. The van der Waals surface area contributed by atoms with Crippen LogP contribution in [0, 0.1) is 5.92 Å². The molecule has 1 aromatic rings. The molecule has 126 valence electrons. The van der Waals surface area contributed by atoms with E-state index < -0.39 is 0 Å². The van der Waals surface area contributed by atoms with Crippen LogP contribution in [0.25, 0.3) is 0 Å². The van der Waals surface area contributed by atoms with Crippen LogP contribution in [-0.4, -0.2) is 43.7 Å². The standard InChI is InChI=1S/C17H24N2O4/c1-3-23-16(20)13-8-10-19(11-9-13)17(21)18-12-14-6-4-5-7-15(14)22-2/h4-7,13H,3,8-12H2,1-2H3,(H,18,21). The van der Waals surface area contributed by atoms with Crippen LogP contribution in [0.1, 0.15) is 25.3 Å². The van der Waals surface area contributed by atoms with Gasteiger partial charge in [-0.3, -0.25) is 4.79 Å². The number of carbonyl (C=O) groups is 2. The van der Waals surface area contributed by atoms with Crippen LogP contribution in [0.4, 0.5) is 4.79 Å². The molecule has 0 radical (unpaired) electrons. The first-order valence-electron chi connectivity index (χ1n) is 7.97. The number of esters is 1. The lowest BCUT2D eigenvalue weighted by Crippen LogP contribution is -2.45. The number of urea groups is 1. The van der Waals surface area contributed by atoms with Crippen molar-refractivity contribution in [1.29, 1.82) is 0 Å². The molecule has 1 aromatic carbocycles. The average molecular weight is 320 g/mol. The number of rotatable bonds is 5. The summed E-state index contributed by atoms with van der Waals surface area (Å²) in [7, 11) is 1.61. The molecule has 1 N–H and O–H groups in total. The lowest BCUT2D eigenvalue weighted by Gasteiger charge is -2.31. The minimum atomic E-state index is -0.151. The third kappa shape index (κ3) is 4.61. The molecule has 0 saturated carbocycles. The molecule has 1 aliphatic rings. The average Bonchev–Trinajstić information content (AvgIpc) is 2.60. The highest BCUT2D eigenvalue weighted by atomic mass is 16.5. The van der Waals surface area contributed by atoms with Gasteiger partial charge in [0.25, 0.3) is 0 Å². The number of hydrogen-bond donors (Lipinski definition) is 1.